The summed E-state index contributed by atoms with van der Waals surface area (Å²) in [5.74, 6) is -0.308. The van der Waals surface area contributed by atoms with Crippen LogP contribution in [0.25, 0.3) is 0 Å². The molecule has 1 aromatic rings. The summed E-state index contributed by atoms with van der Waals surface area (Å²) in [4.78, 5) is 12.2. The monoisotopic (exact) mass is 318 g/mol. The summed E-state index contributed by atoms with van der Waals surface area (Å²) in [5.41, 5.74) is 6.37. The highest BCUT2D eigenvalue weighted by Gasteiger charge is 2.30. The number of nitrogens with two attached hydrogens (primary N) is 1. The Morgan fingerprint density at radius 1 is 1.35 bits per heavy atom. The Morgan fingerprint density at radius 2 is 2.05 bits per heavy atom. The molecule has 2 atom stereocenters. The third-order valence-corrected chi connectivity index (χ3v) is 4.55. The van der Waals surface area contributed by atoms with Gasteiger partial charge in [-0.05, 0) is 31.0 Å². The Hall–Kier alpha value is -1.11. The zero-order valence-corrected chi connectivity index (χ0v) is 12.8. The molecule has 5 nitrogen and oxygen atoms in total. The molecule has 1 aliphatic carbocycles. The van der Waals surface area contributed by atoms with Crippen LogP contribution >= 0.6 is 12.4 Å². The maximum absolute atomic E-state index is 12.0. The molecule has 0 spiro atoms. The number of sulfone groups is 1. The number of carbonyl (C=O) groups excluding carboxylic acids is 1. The lowest BCUT2D eigenvalue weighted by Gasteiger charge is -2.15. The number of hydrogen-bond acceptors (Lipinski definition) is 4. The van der Waals surface area contributed by atoms with Crippen molar-refractivity contribution in [2.24, 2.45) is 11.7 Å². The van der Waals surface area contributed by atoms with Gasteiger partial charge in [0.2, 0.25) is 5.91 Å². The van der Waals surface area contributed by atoms with E-state index >= 15 is 0 Å². The van der Waals surface area contributed by atoms with Gasteiger partial charge in [0, 0.05) is 18.0 Å². The van der Waals surface area contributed by atoms with E-state index in [-0.39, 0.29) is 35.2 Å². The number of hydrogen-bond donors (Lipinski definition) is 2. The summed E-state index contributed by atoms with van der Waals surface area (Å²) < 4.78 is 22.9. The van der Waals surface area contributed by atoms with Gasteiger partial charge >= 0.3 is 0 Å². The van der Waals surface area contributed by atoms with E-state index in [2.05, 4.69) is 5.32 Å². The Kier molecular flexibility index (Phi) is 5.56. The molecule has 0 radical (unpaired) electrons. The minimum Gasteiger partial charge on any atom is -0.327 e. The van der Waals surface area contributed by atoms with Crippen molar-refractivity contribution in [2.45, 2.75) is 30.2 Å². The summed E-state index contributed by atoms with van der Waals surface area (Å²) in [6.07, 6.45) is 3.75. The zero-order chi connectivity index (χ0) is 14.0. The van der Waals surface area contributed by atoms with E-state index in [0.717, 1.165) is 25.5 Å². The van der Waals surface area contributed by atoms with Crippen LogP contribution in [0.5, 0.6) is 0 Å². The van der Waals surface area contributed by atoms with Crippen LogP contribution in [0.4, 0.5) is 5.69 Å². The molecule has 1 saturated carbocycles. The number of carbonyl (C=O) groups is 1. The van der Waals surface area contributed by atoms with Gasteiger partial charge in [0.25, 0.3) is 0 Å². The molecular weight excluding hydrogens is 300 g/mol. The largest absolute Gasteiger partial charge is 0.327 e. The molecule has 0 saturated heterocycles. The van der Waals surface area contributed by atoms with E-state index in [9.17, 15) is 13.2 Å². The molecule has 7 heteroatoms. The molecule has 1 amide bonds. The molecular formula is C13H19ClN2O3S. The van der Waals surface area contributed by atoms with Crippen LogP contribution in [0.1, 0.15) is 19.3 Å². The van der Waals surface area contributed by atoms with Gasteiger partial charge in [-0.15, -0.1) is 12.4 Å². The number of amides is 1. The molecule has 1 aromatic carbocycles. The third kappa shape index (κ3) is 3.94. The van der Waals surface area contributed by atoms with E-state index in [0.29, 0.717) is 5.69 Å². The van der Waals surface area contributed by atoms with Crippen LogP contribution in [0.3, 0.4) is 0 Å². The molecule has 2 rings (SSSR count). The average Bonchev–Trinajstić information content (AvgIpc) is 2.75. The fourth-order valence-electron chi connectivity index (χ4n) is 2.35. The molecule has 112 valence electrons. The van der Waals surface area contributed by atoms with Gasteiger partial charge in [0.05, 0.1) is 10.8 Å². The van der Waals surface area contributed by atoms with Crippen LogP contribution in [0.2, 0.25) is 0 Å². The molecule has 20 heavy (non-hydrogen) atoms. The lowest BCUT2D eigenvalue weighted by atomic mass is 10.0. The van der Waals surface area contributed by atoms with Gasteiger partial charge in [-0.25, -0.2) is 8.42 Å². The highest BCUT2D eigenvalue weighted by atomic mass is 35.5. The predicted molar refractivity (Wildman–Crippen MR) is 80.7 cm³/mol. The van der Waals surface area contributed by atoms with Crippen LogP contribution in [-0.4, -0.2) is 26.6 Å². The molecule has 1 fully saturated rings. The summed E-state index contributed by atoms with van der Waals surface area (Å²) in [7, 11) is -3.27. The van der Waals surface area contributed by atoms with Crippen molar-refractivity contribution in [3.63, 3.8) is 0 Å². The first-order chi connectivity index (χ1) is 8.88. The zero-order valence-electron chi connectivity index (χ0n) is 11.2. The van der Waals surface area contributed by atoms with E-state index in [1.807, 2.05) is 0 Å². The van der Waals surface area contributed by atoms with Crippen LogP contribution in [0, 0.1) is 5.92 Å². The molecule has 0 heterocycles. The van der Waals surface area contributed by atoms with Gasteiger partial charge in [0.1, 0.15) is 0 Å². The Morgan fingerprint density at radius 3 is 2.60 bits per heavy atom. The summed E-state index contributed by atoms with van der Waals surface area (Å²) in [5, 5.41) is 2.74. The number of rotatable bonds is 3. The number of halogens is 1. The van der Waals surface area contributed by atoms with Crippen molar-refractivity contribution in [1.29, 1.82) is 0 Å². The highest BCUT2D eigenvalue weighted by molar-refractivity contribution is 7.90. The SMILES string of the molecule is CS(=O)(=O)c1cccc(NC(=O)C2CCCC2N)c1.Cl. The lowest BCUT2D eigenvalue weighted by Crippen LogP contribution is -2.34. The number of benzene rings is 1. The number of anilines is 1. The first-order valence-electron chi connectivity index (χ1n) is 6.24. The van der Waals surface area contributed by atoms with Crippen molar-refractivity contribution < 1.29 is 13.2 Å². The normalized spacial score (nSPS) is 22.1. The summed E-state index contributed by atoms with van der Waals surface area (Å²) in [6.45, 7) is 0. The van der Waals surface area contributed by atoms with Crippen molar-refractivity contribution in [1.82, 2.24) is 0 Å². The number of nitrogens with one attached hydrogen (secondary N) is 1. The molecule has 0 bridgehead atoms. The Balaban J connectivity index is 0.00000200. The first kappa shape index (κ1) is 16.9. The molecule has 0 aromatic heterocycles. The minimum absolute atomic E-state index is 0. The highest BCUT2D eigenvalue weighted by Crippen LogP contribution is 2.25. The standard InChI is InChI=1S/C13H18N2O3S.ClH/c1-19(17,18)10-5-2-4-9(8-10)15-13(16)11-6-3-7-12(11)14;/h2,4-5,8,11-12H,3,6-7,14H2,1H3,(H,15,16);1H. The molecule has 2 unspecified atom stereocenters. The van der Waals surface area contributed by atoms with Crippen LogP contribution in [0.15, 0.2) is 29.2 Å². The third-order valence-electron chi connectivity index (χ3n) is 3.44. The lowest BCUT2D eigenvalue weighted by molar-refractivity contribution is -0.120. The second-order valence-corrected chi connectivity index (χ2v) is 7.01. The maximum Gasteiger partial charge on any atom is 0.229 e. The quantitative estimate of drug-likeness (QED) is 0.885. The van der Waals surface area contributed by atoms with Crippen molar-refractivity contribution in [3.8, 4) is 0 Å². The average molecular weight is 319 g/mol. The van der Waals surface area contributed by atoms with Gasteiger partial charge in [0.15, 0.2) is 9.84 Å². The fraction of sp³-hybridized carbons (Fsp3) is 0.462. The predicted octanol–water partition coefficient (Wildman–Crippen LogP) is 1.58. The Labute approximate surface area is 125 Å². The molecule has 0 aliphatic heterocycles. The summed E-state index contributed by atoms with van der Waals surface area (Å²) in [6, 6.07) is 6.16. The van der Waals surface area contributed by atoms with Gasteiger partial charge in [-0.2, -0.15) is 0 Å². The van der Waals surface area contributed by atoms with Gasteiger partial charge in [-0.3, -0.25) is 4.79 Å². The maximum atomic E-state index is 12.0. The van der Waals surface area contributed by atoms with E-state index in [1.165, 1.54) is 12.1 Å². The van der Waals surface area contributed by atoms with E-state index in [4.69, 9.17) is 5.73 Å². The topological polar surface area (TPSA) is 89.3 Å². The van der Waals surface area contributed by atoms with Gasteiger partial charge < -0.3 is 11.1 Å². The molecule has 1 aliphatic rings. The molecule has 3 N–H and O–H groups in total. The Bertz CT molecular complexity index is 589. The first-order valence-corrected chi connectivity index (χ1v) is 8.13. The van der Waals surface area contributed by atoms with Crippen molar-refractivity contribution >= 4 is 33.8 Å². The van der Waals surface area contributed by atoms with E-state index in [1.54, 1.807) is 12.1 Å². The van der Waals surface area contributed by atoms with Crippen LogP contribution < -0.4 is 11.1 Å². The smallest absolute Gasteiger partial charge is 0.229 e. The van der Waals surface area contributed by atoms with Gasteiger partial charge in [-0.1, -0.05) is 12.5 Å². The summed E-state index contributed by atoms with van der Waals surface area (Å²) >= 11 is 0. The fourth-order valence-corrected chi connectivity index (χ4v) is 3.02. The van der Waals surface area contributed by atoms with Crippen molar-refractivity contribution in [2.75, 3.05) is 11.6 Å². The van der Waals surface area contributed by atoms with Crippen LogP contribution in [-0.2, 0) is 14.6 Å². The minimum atomic E-state index is -3.27. The second kappa shape index (κ2) is 6.56. The second-order valence-electron chi connectivity index (χ2n) is 4.99. The van der Waals surface area contributed by atoms with Crippen molar-refractivity contribution in [3.05, 3.63) is 24.3 Å². The van der Waals surface area contributed by atoms with E-state index < -0.39 is 9.84 Å².